The Labute approximate surface area is 172 Å². The minimum absolute atomic E-state index is 0.0786. The lowest BCUT2D eigenvalue weighted by atomic mass is 9.93. The Morgan fingerprint density at radius 3 is 2.83 bits per heavy atom. The Morgan fingerprint density at radius 1 is 1.28 bits per heavy atom. The topological polar surface area (TPSA) is 67.3 Å². The molecule has 150 valence electrons. The van der Waals surface area contributed by atoms with Crippen molar-refractivity contribution >= 4 is 22.9 Å². The minimum Gasteiger partial charge on any atom is -0.497 e. The summed E-state index contributed by atoms with van der Waals surface area (Å²) in [6.45, 7) is 3.49. The van der Waals surface area contributed by atoms with Crippen LogP contribution in [-0.4, -0.2) is 34.7 Å². The quantitative estimate of drug-likeness (QED) is 0.685. The van der Waals surface area contributed by atoms with Crippen molar-refractivity contribution in [2.45, 2.75) is 25.9 Å². The van der Waals surface area contributed by atoms with Gasteiger partial charge in [-0.25, -0.2) is 4.39 Å². The van der Waals surface area contributed by atoms with Gasteiger partial charge in [0.2, 0.25) is 5.01 Å². The number of nitrogens with one attached hydrogen (secondary N) is 1. The van der Waals surface area contributed by atoms with Crippen molar-refractivity contribution in [2.75, 3.05) is 19.0 Å². The summed E-state index contributed by atoms with van der Waals surface area (Å²) in [5, 5.41) is 12.1. The molecule has 1 N–H and O–H groups in total. The average molecular weight is 412 g/mol. The van der Waals surface area contributed by atoms with Crippen molar-refractivity contribution in [3.63, 3.8) is 0 Å². The van der Waals surface area contributed by atoms with E-state index >= 15 is 0 Å². The maximum absolute atomic E-state index is 13.6. The van der Waals surface area contributed by atoms with E-state index in [1.54, 1.807) is 37.4 Å². The van der Waals surface area contributed by atoms with Crippen LogP contribution in [-0.2, 0) is 13.0 Å². The lowest BCUT2D eigenvalue weighted by molar-refractivity contribution is 0.102. The van der Waals surface area contributed by atoms with Crippen LogP contribution in [0, 0.1) is 5.82 Å². The molecule has 0 radical (unpaired) electrons. The molecule has 1 aliphatic heterocycles. The monoisotopic (exact) mass is 412 g/mol. The highest BCUT2D eigenvalue weighted by Crippen LogP contribution is 2.31. The number of carbonyl (C=O) groups excluding carboxylic acids is 1. The number of carbonyl (C=O) groups is 1. The summed E-state index contributed by atoms with van der Waals surface area (Å²) in [6.07, 6.45) is 0.865. The van der Waals surface area contributed by atoms with Crippen LogP contribution in [0.3, 0.4) is 0 Å². The molecule has 0 bridgehead atoms. The van der Waals surface area contributed by atoms with Gasteiger partial charge < -0.3 is 10.1 Å². The zero-order valence-electron chi connectivity index (χ0n) is 16.2. The third kappa shape index (κ3) is 4.28. The molecule has 2 heterocycles. The maximum atomic E-state index is 13.6. The van der Waals surface area contributed by atoms with Gasteiger partial charge in [0, 0.05) is 18.3 Å². The number of aromatic nitrogens is 2. The molecule has 1 aromatic heterocycles. The molecule has 1 unspecified atom stereocenters. The number of rotatable bonds is 5. The number of hydrogen-bond donors (Lipinski definition) is 1. The summed E-state index contributed by atoms with van der Waals surface area (Å²) in [5.74, 6) is 0.210. The molecule has 8 heteroatoms. The average Bonchev–Trinajstić information content (AvgIpc) is 3.20. The minimum atomic E-state index is -0.293. The fraction of sp³-hybridized carbons (Fsp3) is 0.286. The first-order valence-electron chi connectivity index (χ1n) is 9.33. The van der Waals surface area contributed by atoms with Gasteiger partial charge in [0.25, 0.3) is 5.91 Å². The molecule has 0 fully saturated rings. The number of benzene rings is 2. The van der Waals surface area contributed by atoms with Crippen LogP contribution in [0.1, 0.15) is 38.9 Å². The third-order valence-electron chi connectivity index (χ3n) is 5.12. The highest BCUT2D eigenvalue weighted by molar-refractivity contribution is 7.13. The van der Waals surface area contributed by atoms with Gasteiger partial charge in [-0.3, -0.25) is 9.69 Å². The Balaban J connectivity index is 1.42. The molecular weight excluding hydrogens is 391 g/mol. The fourth-order valence-electron chi connectivity index (χ4n) is 3.49. The predicted octanol–water partition coefficient (Wildman–Crippen LogP) is 4.06. The highest BCUT2D eigenvalue weighted by Gasteiger charge is 2.25. The Morgan fingerprint density at radius 2 is 2.07 bits per heavy atom. The Hall–Kier alpha value is -2.84. The van der Waals surface area contributed by atoms with E-state index in [9.17, 15) is 9.18 Å². The summed E-state index contributed by atoms with van der Waals surface area (Å²) in [4.78, 5) is 14.7. The van der Waals surface area contributed by atoms with Crippen molar-refractivity contribution in [3.8, 4) is 5.75 Å². The van der Waals surface area contributed by atoms with Crippen molar-refractivity contribution in [3.05, 3.63) is 69.4 Å². The van der Waals surface area contributed by atoms with Gasteiger partial charge in [0.15, 0.2) is 0 Å². The molecule has 6 nitrogen and oxygen atoms in total. The van der Waals surface area contributed by atoms with Crippen LogP contribution in [0.5, 0.6) is 5.75 Å². The lowest BCUT2D eigenvalue weighted by Gasteiger charge is -2.34. The van der Waals surface area contributed by atoms with Crippen LogP contribution < -0.4 is 10.1 Å². The van der Waals surface area contributed by atoms with Gasteiger partial charge >= 0.3 is 0 Å². The second kappa shape index (κ2) is 8.26. The van der Waals surface area contributed by atoms with Gasteiger partial charge in [-0.2, -0.15) is 0 Å². The molecular formula is C21H21FN4O2S. The van der Waals surface area contributed by atoms with E-state index in [1.807, 2.05) is 6.07 Å². The number of nitrogens with zero attached hydrogens (tertiary/aromatic N) is 3. The molecule has 3 aromatic rings. The largest absolute Gasteiger partial charge is 0.497 e. The SMILES string of the molecule is COc1ccc(NC(=O)c2nnc(CN3CCc4ccc(F)cc4C3C)s2)cc1. The van der Waals surface area contributed by atoms with Crippen LogP contribution in [0.4, 0.5) is 10.1 Å². The van der Waals surface area contributed by atoms with E-state index in [-0.39, 0.29) is 17.8 Å². The first kappa shape index (κ1) is 19.5. The molecule has 0 aliphatic carbocycles. The van der Waals surface area contributed by atoms with E-state index in [4.69, 9.17) is 4.74 Å². The number of fused-ring (bicyclic) bond motifs is 1. The third-order valence-corrected chi connectivity index (χ3v) is 6.03. The number of amides is 1. The van der Waals surface area contributed by atoms with Crippen molar-refractivity contribution in [1.29, 1.82) is 0 Å². The molecule has 1 atom stereocenters. The molecule has 4 rings (SSSR count). The molecule has 29 heavy (non-hydrogen) atoms. The van der Waals surface area contributed by atoms with Gasteiger partial charge in [-0.1, -0.05) is 17.4 Å². The first-order chi connectivity index (χ1) is 14.0. The Bertz CT molecular complexity index is 1020. The second-order valence-electron chi connectivity index (χ2n) is 6.92. The van der Waals surface area contributed by atoms with E-state index in [0.29, 0.717) is 17.2 Å². The molecule has 0 saturated heterocycles. The number of methoxy groups -OCH3 is 1. The van der Waals surface area contributed by atoms with Gasteiger partial charge in [0.05, 0.1) is 13.7 Å². The number of halogens is 1. The molecule has 1 aliphatic rings. The van der Waals surface area contributed by atoms with Crippen molar-refractivity contribution < 1.29 is 13.9 Å². The van der Waals surface area contributed by atoms with E-state index in [1.165, 1.54) is 23.0 Å². The zero-order chi connectivity index (χ0) is 20.4. The maximum Gasteiger partial charge on any atom is 0.286 e. The number of ether oxygens (including phenoxy) is 1. The smallest absolute Gasteiger partial charge is 0.286 e. The van der Waals surface area contributed by atoms with Crippen LogP contribution in [0.2, 0.25) is 0 Å². The van der Waals surface area contributed by atoms with Gasteiger partial charge in [-0.05, 0) is 60.9 Å². The van der Waals surface area contributed by atoms with Crippen molar-refractivity contribution in [2.24, 2.45) is 0 Å². The van der Waals surface area contributed by atoms with Gasteiger partial charge in [0.1, 0.15) is 16.6 Å². The fourth-order valence-corrected chi connectivity index (χ4v) is 4.26. The summed E-state index contributed by atoms with van der Waals surface area (Å²) >= 11 is 1.27. The van der Waals surface area contributed by atoms with Crippen LogP contribution in [0.15, 0.2) is 42.5 Å². The van der Waals surface area contributed by atoms with E-state index in [2.05, 4.69) is 27.3 Å². The van der Waals surface area contributed by atoms with Crippen LogP contribution in [0.25, 0.3) is 0 Å². The summed E-state index contributed by atoms with van der Waals surface area (Å²) < 4.78 is 18.8. The molecule has 2 aromatic carbocycles. The van der Waals surface area contributed by atoms with Crippen molar-refractivity contribution in [1.82, 2.24) is 15.1 Å². The Kier molecular flexibility index (Phi) is 5.55. The van der Waals surface area contributed by atoms with Gasteiger partial charge in [-0.15, -0.1) is 10.2 Å². The summed E-state index contributed by atoms with van der Waals surface area (Å²) in [6, 6.07) is 12.2. The number of hydrogen-bond acceptors (Lipinski definition) is 6. The highest BCUT2D eigenvalue weighted by atomic mass is 32.1. The summed E-state index contributed by atoms with van der Waals surface area (Å²) in [5.41, 5.74) is 2.86. The van der Waals surface area contributed by atoms with Crippen LogP contribution >= 0.6 is 11.3 Å². The number of anilines is 1. The second-order valence-corrected chi connectivity index (χ2v) is 7.99. The molecule has 0 saturated carbocycles. The first-order valence-corrected chi connectivity index (χ1v) is 10.2. The van der Waals surface area contributed by atoms with E-state index < -0.39 is 0 Å². The molecule has 1 amide bonds. The lowest BCUT2D eigenvalue weighted by Crippen LogP contribution is -2.33. The zero-order valence-corrected chi connectivity index (χ0v) is 17.0. The molecule has 0 spiro atoms. The predicted molar refractivity (Wildman–Crippen MR) is 110 cm³/mol. The summed E-state index contributed by atoms with van der Waals surface area (Å²) in [7, 11) is 1.59. The van der Waals surface area contributed by atoms with E-state index in [0.717, 1.165) is 29.3 Å². The standard InChI is InChI=1S/C21H21FN4O2S/c1-13-18-11-15(22)4-3-14(18)9-10-26(13)12-19-24-25-21(29-19)20(27)23-16-5-7-17(28-2)8-6-16/h3-8,11,13H,9-10,12H2,1-2H3,(H,23,27). The normalized spacial score (nSPS) is 16.3.